The summed E-state index contributed by atoms with van der Waals surface area (Å²) in [6, 6.07) is 12.9. The lowest BCUT2D eigenvalue weighted by molar-refractivity contribution is 0.0600. The Morgan fingerprint density at radius 1 is 1.07 bits per heavy atom. The average molecular weight is 377 g/mol. The second-order valence-corrected chi connectivity index (χ2v) is 6.21. The van der Waals surface area contributed by atoms with Gasteiger partial charge < -0.3 is 18.6 Å². The summed E-state index contributed by atoms with van der Waals surface area (Å²) in [5.41, 5.74) is 1.78. The fourth-order valence-corrected chi connectivity index (χ4v) is 3.19. The fraction of sp³-hybridized carbons (Fsp3) is 0.182. The van der Waals surface area contributed by atoms with Crippen molar-refractivity contribution in [2.45, 2.75) is 13.8 Å². The molecule has 0 saturated carbocycles. The van der Waals surface area contributed by atoms with Crippen molar-refractivity contribution in [2.24, 2.45) is 0 Å². The normalized spacial score (nSPS) is 11.0. The van der Waals surface area contributed by atoms with E-state index < -0.39 is 5.97 Å². The zero-order chi connectivity index (χ0) is 19.7. The van der Waals surface area contributed by atoms with Crippen molar-refractivity contribution < 1.29 is 23.4 Å². The third-order valence-electron chi connectivity index (χ3n) is 4.44. The highest BCUT2D eigenvalue weighted by atomic mass is 16.5. The van der Waals surface area contributed by atoms with Gasteiger partial charge in [0.1, 0.15) is 34.2 Å². The van der Waals surface area contributed by atoms with E-state index in [1.54, 1.807) is 37.4 Å². The van der Waals surface area contributed by atoms with Gasteiger partial charge >= 0.3 is 5.97 Å². The maximum absolute atomic E-state index is 12.0. The van der Waals surface area contributed by atoms with Crippen LogP contribution in [0.3, 0.4) is 0 Å². The number of fused-ring (bicyclic) bond motifs is 2. The first-order valence-corrected chi connectivity index (χ1v) is 8.91. The molecule has 0 aliphatic carbocycles. The summed E-state index contributed by atoms with van der Waals surface area (Å²) in [7, 11) is 1.35. The monoisotopic (exact) mass is 377 g/mol. The van der Waals surface area contributed by atoms with Crippen molar-refractivity contribution in [3.8, 4) is 17.2 Å². The number of furan rings is 1. The third kappa shape index (κ3) is 3.13. The molecule has 0 unspecified atom stereocenters. The molecule has 0 saturated heterocycles. The van der Waals surface area contributed by atoms with E-state index >= 15 is 0 Å². The van der Waals surface area contributed by atoms with Crippen LogP contribution < -0.4 is 9.47 Å². The molecule has 0 radical (unpaired) electrons. The summed E-state index contributed by atoms with van der Waals surface area (Å²) in [5, 5.41) is 1.56. The number of hydrogen-bond acceptors (Lipinski definition) is 6. The standard InChI is InChI=1S/C22H19NO5/c1-4-26-14-5-7-16-18(11-14)23-10-9-19(16)28-15-6-8-17-20(12-15)27-13(2)21(17)22(24)25-3/h5-12H,4H2,1-3H3. The zero-order valence-electron chi connectivity index (χ0n) is 15.8. The molecular formula is C22H19NO5. The number of benzene rings is 2. The number of methoxy groups -OCH3 is 1. The van der Waals surface area contributed by atoms with Gasteiger partial charge in [-0.2, -0.15) is 0 Å². The number of hydrogen-bond donors (Lipinski definition) is 0. The van der Waals surface area contributed by atoms with Crippen LogP contribution in [0.5, 0.6) is 17.2 Å². The van der Waals surface area contributed by atoms with Crippen LogP contribution >= 0.6 is 0 Å². The molecule has 0 N–H and O–H groups in total. The number of nitrogens with zero attached hydrogens (tertiary/aromatic N) is 1. The minimum absolute atomic E-state index is 0.421. The number of carbonyl (C=O) groups is 1. The summed E-state index contributed by atoms with van der Waals surface area (Å²) in [6.45, 7) is 4.27. The molecule has 0 amide bonds. The van der Waals surface area contributed by atoms with Gasteiger partial charge in [0.15, 0.2) is 0 Å². The summed E-state index contributed by atoms with van der Waals surface area (Å²) in [5.74, 6) is 2.12. The topological polar surface area (TPSA) is 70.8 Å². The maximum Gasteiger partial charge on any atom is 0.342 e. The molecule has 4 rings (SSSR count). The molecule has 6 nitrogen and oxygen atoms in total. The van der Waals surface area contributed by atoms with Crippen LogP contribution in [-0.4, -0.2) is 24.7 Å². The molecule has 142 valence electrons. The Kier molecular flexibility index (Phi) is 4.61. The highest BCUT2D eigenvalue weighted by Gasteiger charge is 2.19. The highest BCUT2D eigenvalue weighted by Crippen LogP contribution is 2.34. The fourth-order valence-electron chi connectivity index (χ4n) is 3.19. The van der Waals surface area contributed by atoms with Crippen LogP contribution in [0.4, 0.5) is 0 Å². The number of ether oxygens (including phenoxy) is 3. The van der Waals surface area contributed by atoms with Gasteiger partial charge in [0.05, 0.1) is 19.2 Å². The smallest absolute Gasteiger partial charge is 0.342 e. The number of pyridine rings is 1. The molecule has 0 aliphatic rings. The second-order valence-electron chi connectivity index (χ2n) is 6.21. The van der Waals surface area contributed by atoms with Crippen LogP contribution in [0.2, 0.25) is 0 Å². The molecule has 6 heteroatoms. The lowest BCUT2D eigenvalue weighted by Crippen LogP contribution is -2.01. The van der Waals surface area contributed by atoms with E-state index in [-0.39, 0.29) is 0 Å². The van der Waals surface area contributed by atoms with Crippen molar-refractivity contribution in [3.63, 3.8) is 0 Å². The first kappa shape index (κ1) is 17.9. The van der Waals surface area contributed by atoms with Crippen LogP contribution in [0.15, 0.2) is 53.1 Å². The lowest BCUT2D eigenvalue weighted by Gasteiger charge is -2.10. The predicted molar refractivity (Wildman–Crippen MR) is 105 cm³/mol. The van der Waals surface area contributed by atoms with Gasteiger partial charge in [-0.3, -0.25) is 4.98 Å². The molecule has 28 heavy (non-hydrogen) atoms. The van der Waals surface area contributed by atoms with Gasteiger partial charge in [-0.25, -0.2) is 4.79 Å². The molecular weight excluding hydrogens is 358 g/mol. The van der Waals surface area contributed by atoms with Crippen molar-refractivity contribution in [1.82, 2.24) is 4.98 Å². The van der Waals surface area contributed by atoms with Crippen LogP contribution in [0, 0.1) is 6.92 Å². The van der Waals surface area contributed by atoms with Gasteiger partial charge in [0, 0.05) is 29.1 Å². The first-order valence-electron chi connectivity index (χ1n) is 8.91. The van der Waals surface area contributed by atoms with Crippen molar-refractivity contribution in [2.75, 3.05) is 13.7 Å². The molecule has 0 aliphatic heterocycles. The van der Waals surface area contributed by atoms with Crippen LogP contribution in [0.1, 0.15) is 23.0 Å². The quantitative estimate of drug-likeness (QED) is 0.441. The Labute approximate surface area is 161 Å². The van der Waals surface area contributed by atoms with Gasteiger partial charge in [-0.05, 0) is 44.2 Å². The summed E-state index contributed by atoms with van der Waals surface area (Å²) in [4.78, 5) is 16.4. The second kappa shape index (κ2) is 7.23. The molecule has 0 fully saturated rings. The van der Waals surface area contributed by atoms with Gasteiger partial charge in [0.25, 0.3) is 0 Å². The van der Waals surface area contributed by atoms with Gasteiger partial charge in [-0.1, -0.05) is 0 Å². The van der Waals surface area contributed by atoms with E-state index in [9.17, 15) is 4.79 Å². The van der Waals surface area contributed by atoms with E-state index in [0.29, 0.717) is 40.4 Å². The summed E-state index contributed by atoms with van der Waals surface area (Å²) in [6.07, 6.45) is 1.69. The maximum atomic E-state index is 12.0. The Morgan fingerprint density at radius 3 is 2.64 bits per heavy atom. The van der Waals surface area contributed by atoms with Crippen LogP contribution in [0.25, 0.3) is 21.9 Å². The van der Waals surface area contributed by atoms with E-state index in [4.69, 9.17) is 18.6 Å². The van der Waals surface area contributed by atoms with Gasteiger partial charge in [0.2, 0.25) is 0 Å². The Bertz CT molecular complexity index is 1180. The number of esters is 1. The Morgan fingerprint density at radius 2 is 1.86 bits per heavy atom. The molecule has 2 heterocycles. The summed E-state index contributed by atoms with van der Waals surface area (Å²) >= 11 is 0. The van der Waals surface area contributed by atoms with E-state index in [2.05, 4.69) is 4.98 Å². The third-order valence-corrected chi connectivity index (χ3v) is 4.44. The molecule has 0 atom stereocenters. The minimum atomic E-state index is -0.421. The first-order chi connectivity index (χ1) is 13.6. The lowest BCUT2D eigenvalue weighted by atomic mass is 10.1. The molecule has 4 aromatic rings. The molecule has 2 aromatic heterocycles. The Balaban J connectivity index is 1.71. The molecule has 0 spiro atoms. The summed E-state index contributed by atoms with van der Waals surface area (Å²) < 4.78 is 22.2. The van der Waals surface area contributed by atoms with Crippen molar-refractivity contribution >= 4 is 27.8 Å². The Hall–Kier alpha value is -3.54. The number of rotatable bonds is 5. The largest absolute Gasteiger partial charge is 0.494 e. The van der Waals surface area contributed by atoms with E-state index in [0.717, 1.165) is 16.7 Å². The minimum Gasteiger partial charge on any atom is -0.494 e. The highest BCUT2D eigenvalue weighted by molar-refractivity contribution is 6.04. The zero-order valence-corrected chi connectivity index (χ0v) is 15.8. The number of carbonyl (C=O) groups excluding carboxylic acids is 1. The van der Waals surface area contributed by atoms with E-state index in [1.165, 1.54) is 7.11 Å². The van der Waals surface area contributed by atoms with Gasteiger partial charge in [-0.15, -0.1) is 0 Å². The predicted octanol–water partition coefficient (Wildman–Crippen LogP) is 5.27. The van der Waals surface area contributed by atoms with Crippen LogP contribution in [-0.2, 0) is 4.74 Å². The molecule has 0 bridgehead atoms. The van der Waals surface area contributed by atoms with Crippen molar-refractivity contribution in [1.29, 1.82) is 0 Å². The SMILES string of the molecule is CCOc1ccc2c(Oc3ccc4c(C(=O)OC)c(C)oc4c3)ccnc2c1. The van der Waals surface area contributed by atoms with E-state index in [1.807, 2.05) is 25.1 Å². The van der Waals surface area contributed by atoms with Crippen molar-refractivity contribution in [3.05, 3.63) is 60.0 Å². The molecule has 2 aromatic carbocycles. The number of aryl methyl sites for hydroxylation is 1. The average Bonchev–Trinajstić information content (AvgIpc) is 3.02. The number of aromatic nitrogens is 1.